The predicted molar refractivity (Wildman–Crippen MR) is 112 cm³/mol. The fraction of sp³-hybridized carbons (Fsp3) is 0.316. The van der Waals surface area contributed by atoms with Gasteiger partial charge in [-0.05, 0) is 30.3 Å². The van der Waals surface area contributed by atoms with Crippen LogP contribution in [0.1, 0.15) is 5.01 Å². The lowest BCUT2D eigenvalue weighted by Crippen LogP contribution is -2.54. The highest BCUT2D eigenvalue weighted by atomic mass is 79.9. The fourth-order valence-electron chi connectivity index (χ4n) is 3.29. The molecule has 1 aliphatic heterocycles. The fourth-order valence-corrected chi connectivity index (χ4v) is 4.33. The van der Waals surface area contributed by atoms with E-state index >= 15 is 0 Å². The predicted octanol–water partition coefficient (Wildman–Crippen LogP) is 3.66. The van der Waals surface area contributed by atoms with Crippen molar-refractivity contribution >= 4 is 44.2 Å². The molecule has 0 spiro atoms. The van der Waals surface area contributed by atoms with Crippen molar-refractivity contribution in [2.24, 2.45) is 5.73 Å². The van der Waals surface area contributed by atoms with E-state index < -0.39 is 0 Å². The number of hydrogen-bond acceptors (Lipinski definition) is 5. The number of benzene rings is 2. The Morgan fingerprint density at radius 2 is 1.81 bits per heavy atom. The third-order valence-corrected chi connectivity index (χ3v) is 5.72. The van der Waals surface area contributed by atoms with Crippen LogP contribution in [-0.2, 0) is 6.42 Å². The molecule has 2 N–H and O–H groups in total. The minimum Gasteiger partial charge on any atom is -0.369 e. The Balaban J connectivity index is 0.00000196. The van der Waals surface area contributed by atoms with Gasteiger partial charge in [-0.1, -0.05) is 18.2 Å². The molecular weight excluding hydrogens is 415 g/mol. The number of fused-ring (bicyclic) bond motifs is 1. The number of piperazine rings is 1. The zero-order valence-electron chi connectivity index (χ0n) is 14.3. The SMILES string of the molecule is Br.NC(Cc1nc2ccc(F)cc2s1)N1CCN(c2ccccc2)CC1. The van der Waals surface area contributed by atoms with Gasteiger partial charge in [-0.25, -0.2) is 9.37 Å². The van der Waals surface area contributed by atoms with Crippen LogP contribution in [0.15, 0.2) is 48.5 Å². The number of rotatable bonds is 4. The highest BCUT2D eigenvalue weighted by Gasteiger charge is 2.22. The standard InChI is InChI=1S/C19H21FN4S.BrH/c20-14-6-7-16-17(12-14)25-19(22-16)13-18(21)24-10-8-23(9-11-24)15-4-2-1-3-5-15;/h1-7,12,18H,8-11,13,21H2;1H. The molecule has 1 unspecified atom stereocenters. The molecule has 0 bridgehead atoms. The van der Waals surface area contributed by atoms with Gasteiger partial charge < -0.3 is 10.6 Å². The minimum absolute atomic E-state index is 0. The van der Waals surface area contributed by atoms with E-state index in [1.54, 1.807) is 12.1 Å². The highest BCUT2D eigenvalue weighted by molar-refractivity contribution is 8.93. The van der Waals surface area contributed by atoms with Crippen LogP contribution in [0.4, 0.5) is 10.1 Å². The first kappa shape index (κ1) is 19.2. The van der Waals surface area contributed by atoms with Crippen LogP contribution in [0.25, 0.3) is 10.2 Å². The molecule has 2 aromatic carbocycles. The van der Waals surface area contributed by atoms with E-state index in [1.165, 1.54) is 23.1 Å². The lowest BCUT2D eigenvalue weighted by atomic mass is 10.2. The van der Waals surface area contributed by atoms with E-state index in [0.717, 1.165) is 41.4 Å². The van der Waals surface area contributed by atoms with Gasteiger partial charge >= 0.3 is 0 Å². The molecule has 26 heavy (non-hydrogen) atoms. The lowest BCUT2D eigenvalue weighted by molar-refractivity contribution is 0.187. The molecule has 3 aromatic rings. The molecule has 0 aliphatic carbocycles. The van der Waals surface area contributed by atoms with Crippen LogP contribution in [0.2, 0.25) is 0 Å². The molecular formula is C19H22BrFN4S. The average Bonchev–Trinajstić information content (AvgIpc) is 3.04. The zero-order chi connectivity index (χ0) is 17.2. The Kier molecular flexibility index (Phi) is 6.24. The van der Waals surface area contributed by atoms with E-state index in [-0.39, 0.29) is 29.0 Å². The molecule has 1 aliphatic rings. The molecule has 1 aromatic heterocycles. The summed E-state index contributed by atoms with van der Waals surface area (Å²) in [5.41, 5.74) is 8.53. The third-order valence-electron chi connectivity index (χ3n) is 4.68. The monoisotopic (exact) mass is 436 g/mol. The summed E-state index contributed by atoms with van der Waals surface area (Å²) in [5, 5.41) is 0.971. The first-order valence-electron chi connectivity index (χ1n) is 8.54. The van der Waals surface area contributed by atoms with Gasteiger partial charge in [0.15, 0.2) is 0 Å². The van der Waals surface area contributed by atoms with Gasteiger partial charge in [0.25, 0.3) is 0 Å². The largest absolute Gasteiger partial charge is 0.369 e. The first-order chi connectivity index (χ1) is 12.2. The van der Waals surface area contributed by atoms with Crippen LogP contribution in [-0.4, -0.2) is 42.2 Å². The van der Waals surface area contributed by atoms with Crippen molar-refractivity contribution in [1.29, 1.82) is 0 Å². The number of hydrogen-bond donors (Lipinski definition) is 1. The van der Waals surface area contributed by atoms with E-state index in [0.29, 0.717) is 6.42 Å². The second kappa shape index (κ2) is 8.43. The summed E-state index contributed by atoms with van der Waals surface area (Å²) >= 11 is 1.53. The Labute approximate surface area is 167 Å². The van der Waals surface area contributed by atoms with Gasteiger partial charge in [0.1, 0.15) is 5.82 Å². The molecule has 4 nitrogen and oxygen atoms in total. The van der Waals surface area contributed by atoms with Crippen LogP contribution in [0, 0.1) is 5.82 Å². The van der Waals surface area contributed by atoms with Gasteiger partial charge in [0.2, 0.25) is 0 Å². The maximum atomic E-state index is 13.3. The highest BCUT2D eigenvalue weighted by Crippen LogP contribution is 2.24. The van der Waals surface area contributed by atoms with E-state index in [1.807, 2.05) is 6.07 Å². The normalized spacial score (nSPS) is 16.5. The van der Waals surface area contributed by atoms with Gasteiger partial charge in [0, 0.05) is 38.3 Å². The van der Waals surface area contributed by atoms with Gasteiger partial charge in [-0.15, -0.1) is 28.3 Å². The van der Waals surface area contributed by atoms with Crippen molar-refractivity contribution in [1.82, 2.24) is 9.88 Å². The maximum absolute atomic E-state index is 13.3. The summed E-state index contributed by atoms with van der Waals surface area (Å²) in [6.45, 7) is 3.83. The summed E-state index contributed by atoms with van der Waals surface area (Å²) in [7, 11) is 0. The molecule has 1 fully saturated rings. The van der Waals surface area contributed by atoms with Crippen molar-refractivity contribution in [2.75, 3.05) is 31.1 Å². The number of anilines is 1. The summed E-state index contributed by atoms with van der Waals surface area (Å²) in [6.07, 6.45) is 0.648. The summed E-state index contributed by atoms with van der Waals surface area (Å²) in [4.78, 5) is 9.29. The number of para-hydroxylation sites is 1. The van der Waals surface area contributed by atoms with Crippen LogP contribution < -0.4 is 10.6 Å². The molecule has 1 saturated heterocycles. The number of nitrogens with two attached hydrogens (primary N) is 1. The quantitative estimate of drug-likeness (QED) is 0.677. The second-order valence-corrected chi connectivity index (χ2v) is 7.46. The van der Waals surface area contributed by atoms with Crippen molar-refractivity contribution in [3.8, 4) is 0 Å². The number of thiazole rings is 1. The second-order valence-electron chi connectivity index (χ2n) is 6.35. The summed E-state index contributed by atoms with van der Waals surface area (Å²) < 4.78 is 14.2. The summed E-state index contributed by atoms with van der Waals surface area (Å²) in [6, 6.07) is 15.2. The molecule has 2 heterocycles. The van der Waals surface area contributed by atoms with Gasteiger partial charge in [-0.2, -0.15) is 0 Å². The Hall–Kier alpha value is -1.54. The van der Waals surface area contributed by atoms with E-state index in [4.69, 9.17) is 5.73 Å². The topological polar surface area (TPSA) is 45.4 Å². The Morgan fingerprint density at radius 3 is 2.54 bits per heavy atom. The molecule has 4 rings (SSSR count). The minimum atomic E-state index is -0.218. The molecule has 7 heteroatoms. The Morgan fingerprint density at radius 1 is 1.08 bits per heavy atom. The number of halogens is 2. The van der Waals surface area contributed by atoms with Crippen LogP contribution in [0.5, 0.6) is 0 Å². The number of nitrogens with zero attached hydrogens (tertiary/aromatic N) is 3. The summed E-state index contributed by atoms with van der Waals surface area (Å²) in [5.74, 6) is -0.218. The molecule has 0 radical (unpaired) electrons. The molecule has 1 atom stereocenters. The number of aromatic nitrogens is 1. The van der Waals surface area contributed by atoms with Gasteiger partial charge in [0.05, 0.1) is 21.4 Å². The van der Waals surface area contributed by atoms with E-state index in [9.17, 15) is 4.39 Å². The van der Waals surface area contributed by atoms with Crippen molar-refractivity contribution in [3.63, 3.8) is 0 Å². The molecule has 0 saturated carbocycles. The van der Waals surface area contributed by atoms with Crippen molar-refractivity contribution in [3.05, 3.63) is 59.4 Å². The average molecular weight is 437 g/mol. The Bertz CT molecular complexity index is 849. The smallest absolute Gasteiger partial charge is 0.124 e. The molecule has 0 amide bonds. The van der Waals surface area contributed by atoms with Crippen LogP contribution >= 0.6 is 28.3 Å². The molecule has 138 valence electrons. The zero-order valence-corrected chi connectivity index (χ0v) is 16.9. The third kappa shape index (κ3) is 4.23. The first-order valence-corrected chi connectivity index (χ1v) is 9.35. The van der Waals surface area contributed by atoms with Crippen molar-refractivity contribution in [2.45, 2.75) is 12.6 Å². The lowest BCUT2D eigenvalue weighted by Gasteiger charge is -2.38. The van der Waals surface area contributed by atoms with Crippen LogP contribution in [0.3, 0.4) is 0 Å². The van der Waals surface area contributed by atoms with Gasteiger partial charge in [-0.3, -0.25) is 4.90 Å². The maximum Gasteiger partial charge on any atom is 0.124 e. The van der Waals surface area contributed by atoms with E-state index in [2.05, 4.69) is 39.0 Å². The van der Waals surface area contributed by atoms with Crippen molar-refractivity contribution < 1.29 is 4.39 Å².